The third-order valence-electron chi connectivity index (χ3n) is 11.3. The molecule has 5 unspecified atom stereocenters. The minimum atomic E-state index is -1.87. The minimum absolute atomic E-state index is 0.0182. The lowest BCUT2D eigenvalue weighted by molar-refractivity contribution is 0.121. The van der Waals surface area contributed by atoms with E-state index in [0.29, 0.717) is 29.2 Å². The van der Waals surface area contributed by atoms with Crippen LogP contribution in [0.1, 0.15) is 107 Å². The number of nitrogens with zero attached hydrogens (tertiary/aromatic N) is 1. The summed E-state index contributed by atoms with van der Waals surface area (Å²) in [6.07, 6.45) is 5.52. The fourth-order valence-corrected chi connectivity index (χ4v) is 16.8. The van der Waals surface area contributed by atoms with E-state index in [4.69, 9.17) is 0 Å². The van der Waals surface area contributed by atoms with Crippen LogP contribution in [-0.4, -0.2) is 23.9 Å². The lowest BCUT2D eigenvalue weighted by atomic mass is 9.74. The molecule has 228 valence electrons. The normalized spacial score (nSPS) is 27.4. The first kappa shape index (κ1) is 31.5. The summed E-state index contributed by atoms with van der Waals surface area (Å²) in [7, 11) is -1.87. The largest absolute Gasteiger partial charge is 0.314 e. The average molecular weight is 582 g/mol. The molecule has 5 atom stereocenters. The van der Waals surface area contributed by atoms with Gasteiger partial charge in [0, 0.05) is 16.5 Å². The van der Waals surface area contributed by atoms with E-state index in [1.807, 2.05) is 0 Å². The standard InChI is InChI=1S/C40H59NSi/c1-25-26(2)36(42(14,15)41(38(6,7)8)39(9,10)11)33-23-32-30-21-18-28(27-16-19-29(20-17-27)37(3,4)5)22-34(30)40(12,13)35(32)24-31(25)33/h16-26,31,33,36H,1-15H3. The van der Waals surface area contributed by atoms with Crippen LogP contribution in [0.3, 0.4) is 0 Å². The van der Waals surface area contributed by atoms with Crippen LogP contribution in [-0.2, 0) is 10.8 Å². The Morgan fingerprint density at radius 2 is 1.24 bits per heavy atom. The van der Waals surface area contributed by atoms with Crippen LogP contribution in [0.25, 0.3) is 16.7 Å². The van der Waals surface area contributed by atoms with Crippen molar-refractivity contribution in [1.82, 2.24) is 4.57 Å². The lowest BCUT2D eigenvalue weighted by Crippen LogP contribution is -2.67. The first-order chi connectivity index (χ1) is 19.1. The molecule has 1 saturated carbocycles. The molecule has 1 fully saturated rings. The maximum atomic E-state index is 2.96. The molecule has 0 N–H and O–H groups in total. The summed E-state index contributed by atoms with van der Waals surface area (Å²) in [5.41, 5.74) is 11.3. The molecule has 0 spiro atoms. The van der Waals surface area contributed by atoms with Crippen molar-refractivity contribution in [2.24, 2.45) is 23.7 Å². The van der Waals surface area contributed by atoms with E-state index in [1.54, 1.807) is 5.57 Å². The Morgan fingerprint density at radius 1 is 0.690 bits per heavy atom. The van der Waals surface area contributed by atoms with Crippen molar-refractivity contribution in [3.63, 3.8) is 0 Å². The minimum Gasteiger partial charge on any atom is -0.314 e. The molecule has 0 amide bonds. The van der Waals surface area contributed by atoms with Gasteiger partial charge in [0.15, 0.2) is 0 Å². The lowest BCUT2D eigenvalue weighted by Gasteiger charge is -2.57. The monoisotopic (exact) mass is 581 g/mol. The predicted molar refractivity (Wildman–Crippen MR) is 188 cm³/mol. The van der Waals surface area contributed by atoms with Crippen LogP contribution in [0.15, 0.2) is 60.2 Å². The van der Waals surface area contributed by atoms with Crippen LogP contribution >= 0.6 is 0 Å². The summed E-state index contributed by atoms with van der Waals surface area (Å²) in [5.74, 6) is 2.63. The van der Waals surface area contributed by atoms with E-state index in [0.717, 1.165) is 0 Å². The summed E-state index contributed by atoms with van der Waals surface area (Å²) in [6.45, 7) is 36.9. The van der Waals surface area contributed by atoms with Gasteiger partial charge in [-0.25, -0.2) is 0 Å². The second kappa shape index (κ2) is 9.80. The molecule has 0 aromatic heterocycles. The third kappa shape index (κ3) is 4.93. The van der Waals surface area contributed by atoms with Crippen LogP contribution in [0.4, 0.5) is 0 Å². The number of benzene rings is 2. The van der Waals surface area contributed by atoms with E-state index in [9.17, 15) is 0 Å². The molecule has 3 aliphatic carbocycles. The molecule has 0 aliphatic heterocycles. The second-order valence-electron chi connectivity index (χ2n) is 18.1. The zero-order chi connectivity index (χ0) is 31.4. The molecule has 42 heavy (non-hydrogen) atoms. The van der Waals surface area contributed by atoms with E-state index < -0.39 is 8.24 Å². The maximum Gasteiger partial charge on any atom is 0.127 e. The van der Waals surface area contributed by atoms with Gasteiger partial charge in [-0.2, -0.15) is 0 Å². The molecule has 2 heteroatoms. The van der Waals surface area contributed by atoms with Gasteiger partial charge in [0.1, 0.15) is 8.24 Å². The van der Waals surface area contributed by atoms with E-state index in [1.165, 1.54) is 33.4 Å². The van der Waals surface area contributed by atoms with Gasteiger partial charge in [-0.15, -0.1) is 0 Å². The first-order valence-corrected chi connectivity index (χ1v) is 19.6. The fraction of sp³-hybridized carbons (Fsp3) is 0.600. The van der Waals surface area contributed by atoms with Gasteiger partial charge in [0.2, 0.25) is 0 Å². The molecule has 1 nitrogen and oxygen atoms in total. The highest BCUT2D eigenvalue weighted by atomic mass is 28.3. The van der Waals surface area contributed by atoms with Crippen molar-refractivity contribution in [3.05, 3.63) is 76.9 Å². The molecule has 5 rings (SSSR count). The summed E-state index contributed by atoms with van der Waals surface area (Å²) in [5, 5.41) is 0. The van der Waals surface area contributed by atoms with E-state index in [2.05, 4.69) is 162 Å². The Kier molecular flexibility index (Phi) is 7.35. The van der Waals surface area contributed by atoms with Gasteiger partial charge in [-0.1, -0.05) is 110 Å². The topological polar surface area (TPSA) is 3.24 Å². The van der Waals surface area contributed by atoms with Gasteiger partial charge in [-0.05, 0) is 121 Å². The predicted octanol–water partition coefficient (Wildman–Crippen LogP) is 11.3. The molecule has 2 aromatic rings. The first-order valence-electron chi connectivity index (χ1n) is 16.6. The highest BCUT2D eigenvalue weighted by Crippen LogP contribution is 2.63. The van der Waals surface area contributed by atoms with Crippen molar-refractivity contribution in [2.75, 3.05) is 0 Å². The zero-order valence-electron chi connectivity index (χ0n) is 29.5. The third-order valence-corrected chi connectivity index (χ3v) is 16.4. The van der Waals surface area contributed by atoms with Crippen LogP contribution in [0.5, 0.6) is 0 Å². The summed E-state index contributed by atoms with van der Waals surface area (Å²) in [6, 6.07) is 16.6. The molecule has 0 saturated heterocycles. The van der Waals surface area contributed by atoms with Crippen LogP contribution < -0.4 is 0 Å². The molecule has 3 aliphatic rings. The molecular formula is C40H59NSi. The quantitative estimate of drug-likeness (QED) is 0.326. The van der Waals surface area contributed by atoms with Crippen LogP contribution in [0, 0.1) is 23.7 Å². The summed E-state index contributed by atoms with van der Waals surface area (Å²) in [4.78, 5) is 0. The Hall–Kier alpha value is -1.90. The highest BCUT2D eigenvalue weighted by molar-refractivity contribution is 6.76. The van der Waals surface area contributed by atoms with Gasteiger partial charge >= 0.3 is 0 Å². The highest BCUT2D eigenvalue weighted by Gasteiger charge is 2.58. The number of allylic oxidation sites excluding steroid dienone is 4. The molecule has 0 bridgehead atoms. The summed E-state index contributed by atoms with van der Waals surface area (Å²) < 4.78 is 2.96. The Labute approximate surface area is 260 Å². The van der Waals surface area contributed by atoms with E-state index in [-0.39, 0.29) is 21.9 Å². The number of hydrogen-bond acceptors (Lipinski definition) is 1. The van der Waals surface area contributed by atoms with Crippen molar-refractivity contribution in [2.45, 2.75) is 131 Å². The number of hydrogen-bond donors (Lipinski definition) is 0. The van der Waals surface area contributed by atoms with Gasteiger partial charge in [0.25, 0.3) is 0 Å². The Bertz CT molecular complexity index is 1400. The maximum absolute atomic E-state index is 2.96. The van der Waals surface area contributed by atoms with Crippen molar-refractivity contribution < 1.29 is 0 Å². The van der Waals surface area contributed by atoms with Crippen molar-refractivity contribution in [1.29, 1.82) is 0 Å². The molecule has 0 heterocycles. The average Bonchev–Trinajstić information content (AvgIpc) is 3.22. The number of fused-ring (bicyclic) bond motifs is 4. The Balaban J connectivity index is 1.59. The summed E-state index contributed by atoms with van der Waals surface area (Å²) >= 11 is 0. The van der Waals surface area contributed by atoms with Gasteiger partial charge in [-0.3, -0.25) is 0 Å². The molecule has 2 aromatic carbocycles. The smallest absolute Gasteiger partial charge is 0.127 e. The Morgan fingerprint density at radius 3 is 1.76 bits per heavy atom. The second-order valence-corrected chi connectivity index (χ2v) is 22.5. The van der Waals surface area contributed by atoms with E-state index >= 15 is 0 Å². The fourth-order valence-electron chi connectivity index (χ4n) is 10.2. The SMILES string of the molecule is CC1C(C)C([Si](C)(C)N(C(C)(C)C)C(C)(C)C)C2C=C3C(=CC12)C(C)(C)c1cc(-c2ccc(C(C)(C)C)cc2)ccc13. The number of rotatable bonds is 3. The van der Waals surface area contributed by atoms with Crippen molar-refractivity contribution in [3.8, 4) is 11.1 Å². The molecular weight excluding hydrogens is 523 g/mol. The van der Waals surface area contributed by atoms with Gasteiger partial charge in [0.05, 0.1) is 0 Å². The van der Waals surface area contributed by atoms with Crippen molar-refractivity contribution >= 4 is 13.8 Å². The van der Waals surface area contributed by atoms with Gasteiger partial charge < -0.3 is 4.57 Å². The molecule has 0 radical (unpaired) electrons. The zero-order valence-corrected chi connectivity index (χ0v) is 30.5. The van der Waals surface area contributed by atoms with Crippen LogP contribution in [0.2, 0.25) is 18.6 Å².